The summed E-state index contributed by atoms with van der Waals surface area (Å²) in [5.41, 5.74) is 2.34. The van der Waals surface area contributed by atoms with Crippen molar-refractivity contribution in [2.45, 2.75) is 52.7 Å². The van der Waals surface area contributed by atoms with Gasteiger partial charge in [-0.25, -0.2) is 0 Å². The van der Waals surface area contributed by atoms with Crippen LogP contribution in [0, 0.1) is 26.7 Å². The lowest BCUT2D eigenvalue weighted by Crippen LogP contribution is -2.43. The molecule has 0 amide bonds. The van der Waals surface area contributed by atoms with E-state index in [4.69, 9.17) is 4.52 Å². The van der Waals surface area contributed by atoms with E-state index in [0.29, 0.717) is 6.04 Å². The predicted molar refractivity (Wildman–Crippen MR) is 97.2 cm³/mol. The quantitative estimate of drug-likeness (QED) is 0.845. The standard InChI is InChI=1S/C19H27N3OS/c1-13-4-7-18(24-13)11-22-9-16-5-6-17(22)10-21(8-16)12-19-14(2)20-23-15(19)3/h4,7,16-17H,5-6,8-12H2,1-3H3/t16-,17+/m0/s1. The van der Waals surface area contributed by atoms with Gasteiger partial charge in [0.15, 0.2) is 0 Å². The topological polar surface area (TPSA) is 32.5 Å². The van der Waals surface area contributed by atoms with Crippen molar-refractivity contribution in [3.05, 3.63) is 38.9 Å². The molecule has 130 valence electrons. The van der Waals surface area contributed by atoms with E-state index < -0.39 is 0 Å². The third kappa shape index (κ3) is 3.30. The lowest BCUT2D eigenvalue weighted by Gasteiger charge is -2.35. The van der Waals surface area contributed by atoms with Gasteiger partial charge in [0.1, 0.15) is 5.76 Å². The number of thiophene rings is 1. The van der Waals surface area contributed by atoms with E-state index in [-0.39, 0.29) is 0 Å². The average molecular weight is 346 g/mol. The van der Waals surface area contributed by atoms with Crippen LogP contribution in [0.25, 0.3) is 0 Å². The summed E-state index contributed by atoms with van der Waals surface area (Å²) in [6.45, 7) is 12.0. The van der Waals surface area contributed by atoms with E-state index >= 15 is 0 Å². The Kier molecular flexibility index (Phi) is 4.50. The molecule has 0 spiro atoms. The molecule has 2 aromatic heterocycles. The molecule has 0 unspecified atom stereocenters. The fraction of sp³-hybridized carbons (Fsp3) is 0.632. The van der Waals surface area contributed by atoms with Crippen LogP contribution in [0.2, 0.25) is 0 Å². The van der Waals surface area contributed by atoms with E-state index in [1.807, 2.05) is 18.3 Å². The van der Waals surface area contributed by atoms with E-state index in [1.54, 1.807) is 0 Å². The summed E-state index contributed by atoms with van der Waals surface area (Å²) in [6, 6.07) is 5.24. The van der Waals surface area contributed by atoms with Gasteiger partial charge in [-0.2, -0.15) is 0 Å². The van der Waals surface area contributed by atoms with E-state index in [0.717, 1.165) is 30.5 Å². The van der Waals surface area contributed by atoms with Gasteiger partial charge >= 0.3 is 0 Å². The SMILES string of the molecule is Cc1ccc(CN2C[C@H]3CC[C@@H]2CN(Cc2c(C)noc2C)C3)s1. The predicted octanol–water partition coefficient (Wildman–Crippen LogP) is 3.76. The highest BCUT2D eigenvalue weighted by Crippen LogP contribution is 2.31. The lowest BCUT2D eigenvalue weighted by atomic mass is 9.95. The number of hydrogen-bond acceptors (Lipinski definition) is 5. The Hall–Kier alpha value is -1.17. The van der Waals surface area contributed by atoms with Crippen LogP contribution in [0.15, 0.2) is 16.7 Å². The van der Waals surface area contributed by atoms with Crippen molar-refractivity contribution in [1.82, 2.24) is 15.0 Å². The normalized spacial score (nSPS) is 25.3. The molecule has 2 bridgehead atoms. The average Bonchev–Trinajstić information content (AvgIpc) is 2.96. The minimum atomic E-state index is 0.687. The number of nitrogens with zero attached hydrogens (tertiary/aromatic N) is 3. The Labute approximate surface area is 148 Å². The van der Waals surface area contributed by atoms with E-state index in [9.17, 15) is 0 Å². The molecule has 3 aliphatic rings. The Morgan fingerprint density at radius 1 is 1.12 bits per heavy atom. The molecular formula is C19H27N3OS. The molecule has 2 aromatic rings. The van der Waals surface area contributed by atoms with Gasteiger partial charge in [-0.1, -0.05) is 5.16 Å². The summed E-state index contributed by atoms with van der Waals surface area (Å²) in [6.07, 6.45) is 2.72. The highest BCUT2D eigenvalue weighted by Gasteiger charge is 2.35. The van der Waals surface area contributed by atoms with Gasteiger partial charge < -0.3 is 4.52 Å². The minimum Gasteiger partial charge on any atom is -0.361 e. The molecule has 5 heteroatoms. The molecule has 0 saturated carbocycles. The maximum atomic E-state index is 5.35. The molecule has 3 saturated heterocycles. The molecule has 3 fully saturated rings. The molecule has 0 radical (unpaired) electrons. The Morgan fingerprint density at radius 2 is 2.00 bits per heavy atom. The van der Waals surface area contributed by atoms with Crippen molar-refractivity contribution in [3.63, 3.8) is 0 Å². The van der Waals surface area contributed by atoms with Crippen molar-refractivity contribution in [3.8, 4) is 0 Å². The summed E-state index contributed by atoms with van der Waals surface area (Å²) in [5.74, 6) is 1.78. The molecule has 5 rings (SSSR count). The second kappa shape index (κ2) is 6.62. The highest BCUT2D eigenvalue weighted by atomic mass is 32.1. The van der Waals surface area contributed by atoms with Crippen LogP contribution in [0.3, 0.4) is 0 Å². The second-order valence-electron chi connectivity index (χ2n) is 7.54. The van der Waals surface area contributed by atoms with Crippen molar-refractivity contribution in [2.75, 3.05) is 19.6 Å². The smallest absolute Gasteiger partial charge is 0.138 e. The summed E-state index contributed by atoms with van der Waals surface area (Å²) in [7, 11) is 0. The van der Waals surface area contributed by atoms with Gasteiger partial charge in [-0.05, 0) is 51.7 Å². The summed E-state index contributed by atoms with van der Waals surface area (Å²) in [5, 5.41) is 4.12. The lowest BCUT2D eigenvalue weighted by molar-refractivity contribution is 0.124. The Bertz CT molecular complexity index is 688. The first-order valence-corrected chi connectivity index (χ1v) is 9.83. The van der Waals surface area contributed by atoms with Crippen LogP contribution in [0.4, 0.5) is 0 Å². The molecular weight excluding hydrogens is 318 g/mol. The fourth-order valence-corrected chi connectivity index (χ4v) is 5.24. The van der Waals surface area contributed by atoms with Crippen molar-refractivity contribution in [2.24, 2.45) is 5.92 Å². The molecule has 2 atom stereocenters. The van der Waals surface area contributed by atoms with Crippen molar-refractivity contribution < 1.29 is 4.52 Å². The van der Waals surface area contributed by atoms with Crippen LogP contribution in [0.1, 0.15) is 39.6 Å². The maximum Gasteiger partial charge on any atom is 0.138 e. The molecule has 5 heterocycles. The summed E-state index contributed by atoms with van der Waals surface area (Å²) >= 11 is 1.95. The second-order valence-corrected chi connectivity index (χ2v) is 8.91. The highest BCUT2D eigenvalue weighted by molar-refractivity contribution is 7.11. The Balaban J connectivity index is 1.46. The molecule has 3 aliphatic heterocycles. The van der Waals surface area contributed by atoms with Crippen LogP contribution in [0.5, 0.6) is 0 Å². The van der Waals surface area contributed by atoms with Gasteiger partial charge in [-0.3, -0.25) is 9.80 Å². The van der Waals surface area contributed by atoms with Crippen molar-refractivity contribution >= 4 is 11.3 Å². The number of piperidine rings is 1. The number of fused-ring (bicyclic) bond motifs is 4. The van der Waals surface area contributed by atoms with Gasteiger partial charge in [0.25, 0.3) is 0 Å². The van der Waals surface area contributed by atoms with E-state index in [2.05, 4.69) is 40.9 Å². The number of hydrogen-bond donors (Lipinski definition) is 0. The summed E-state index contributed by atoms with van der Waals surface area (Å²) in [4.78, 5) is 8.30. The molecule has 4 nitrogen and oxygen atoms in total. The zero-order valence-electron chi connectivity index (χ0n) is 14.9. The molecule has 0 N–H and O–H groups in total. The maximum absolute atomic E-state index is 5.35. The van der Waals surface area contributed by atoms with Gasteiger partial charge in [0, 0.05) is 54.1 Å². The number of aromatic nitrogens is 1. The number of rotatable bonds is 4. The third-order valence-electron chi connectivity index (χ3n) is 5.62. The molecule has 0 aliphatic carbocycles. The first kappa shape index (κ1) is 16.3. The number of aryl methyl sites for hydroxylation is 3. The van der Waals surface area contributed by atoms with Gasteiger partial charge in [0.2, 0.25) is 0 Å². The monoisotopic (exact) mass is 345 g/mol. The van der Waals surface area contributed by atoms with Crippen LogP contribution in [-0.4, -0.2) is 40.6 Å². The molecule has 0 aromatic carbocycles. The fourth-order valence-electron chi connectivity index (χ4n) is 4.32. The molecule has 24 heavy (non-hydrogen) atoms. The zero-order valence-corrected chi connectivity index (χ0v) is 15.7. The van der Waals surface area contributed by atoms with Crippen LogP contribution < -0.4 is 0 Å². The van der Waals surface area contributed by atoms with Gasteiger partial charge in [-0.15, -0.1) is 11.3 Å². The van der Waals surface area contributed by atoms with E-state index in [1.165, 1.54) is 47.8 Å². The van der Waals surface area contributed by atoms with Gasteiger partial charge in [0.05, 0.1) is 5.69 Å². The largest absolute Gasteiger partial charge is 0.361 e. The van der Waals surface area contributed by atoms with Crippen LogP contribution >= 0.6 is 11.3 Å². The first-order valence-electron chi connectivity index (χ1n) is 9.02. The summed E-state index contributed by atoms with van der Waals surface area (Å²) < 4.78 is 5.35. The minimum absolute atomic E-state index is 0.687. The first-order chi connectivity index (χ1) is 11.6. The van der Waals surface area contributed by atoms with Crippen molar-refractivity contribution in [1.29, 1.82) is 0 Å². The zero-order chi connectivity index (χ0) is 16.7. The third-order valence-corrected chi connectivity index (χ3v) is 6.61. The Morgan fingerprint density at radius 3 is 2.71 bits per heavy atom. The van der Waals surface area contributed by atoms with Crippen LogP contribution in [-0.2, 0) is 13.1 Å².